The third kappa shape index (κ3) is 2.80. The first-order valence-electron chi connectivity index (χ1n) is 5.52. The van der Waals surface area contributed by atoms with Gasteiger partial charge in [0.1, 0.15) is 5.82 Å². The van der Waals surface area contributed by atoms with Crippen molar-refractivity contribution in [2.24, 2.45) is 5.84 Å². The minimum atomic E-state index is 0.443. The topological polar surface area (TPSA) is 79.1 Å². The first-order chi connectivity index (χ1) is 7.78. The Balaban J connectivity index is 1.93. The second-order valence-electron chi connectivity index (χ2n) is 4.13. The van der Waals surface area contributed by atoms with Crippen LogP contribution in [0.5, 0.6) is 0 Å². The van der Waals surface area contributed by atoms with Gasteiger partial charge in [0, 0.05) is 12.2 Å². The predicted octanol–water partition coefficient (Wildman–Crippen LogP) is 0.268. The maximum absolute atomic E-state index is 5.26. The van der Waals surface area contributed by atoms with Gasteiger partial charge in [-0.15, -0.1) is 0 Å². The summed E-state index contributed by atoms with van der Waals surface area (Å²) in [4.78, 5) is 10.5. The maximum Gasteiger partial charge on any atom is 0.239 e. The SMILES string of the molecule is CN1CCC(Nc2ccnc(NN)n2)CC1. The molecule has 0 radical (unpaired) electrons. The molecule has 0 amide bonds. The molecule has 0 saturated carbocycles. The van der Waals surface area contributed by atoms with Gasteiger partial charge in [0.05, 0.1) is 0 Å². The molecule has 1 aliphatic heterocycles. The van der Waals surface area contributed by atoms with Crippen molar-refractivity contribution in [3.8, 4) is 0 Å². The maximum atomic E-state index is 5.26. The lowest BCUT2D eigenvalue weighted by molar-refractivity contribution is 0.263. The molecule has 16 heavy (non-hydrogen) atoms. The molecule has 0 atom stereocenters. The number of piperidine rings is 1. The van der Waals surface area contributed by atoms with Crippen LogP contribution in [0.3, 0.4) is 0 Å². The third-order valence-electron chi connectivity index (χ3n) is 2.86. The zero-order chi connectivity index (χ0) is 11.4. The summed E-state index contributed by atoms with van der Waals surface area (Å²) in [5.74, 6) is 6.53. The van der Waals surface area contributed by atoms with Gasteiger partial charge in [-0.3, -0.25) is 5.43 Å². The van der Waals surface area contributed by atoms with E-state index in [-0.39, 0.29) is 0 Å². The average Bonchev–Trinajstić information content (AvgIpc) is 2.32. The molecule has 6 heteroatoms. The molecular weight excluding hydrogens is 204 g/mol. The Kier molecular flexibility index (Phi) is 3.53. The van der Waals surface area contributed by atoms with Gasteiger partial charge in [0.15, 0.2) is 0 Å². The number of nitrogens with zero attached hydrogens (tertiary/aromatic N) is 3. The molecule has 1 aromatic rings. The number of nitrogens with two attached hydrogens (primary N) is 1. The number of hydrogen-bond acceptors (Lipinski definition) is 6. The third-order valence-corrected chi connectivity index (χ3v) is 2.86. The van der Waals surface area contributed by atoms with Crippen molar-refractivity contribution in [1.82, 2.24) is 14.9 Å². The minimum Gasteiger partial charge on any atom is -0.367 e. The van der Waals surface area contributed by atoms with Crippen molar-refractivity contribution in [2.45, 2.75) is 18.9 Å². The summed E-state index contributed by atoms with van der Waals surface area (Å²) in [6.07, 6.45) is 3.98. The van der Waals surface area contributed by atoms with Crippen LogP contribution in [-0.4, -0.2) is 41.0 Å². The highest BCUT2D eigenvalue weighted by Crippen LogP contribution is 2.14. The fraction of sp³-hybridized carbons (Fsp3) is 0.600. The van der Waals surface area contributed by atoms with Crippen molar-refractivity contribution in [3.63, 3.8) is 0 Å². The van der Waals surface area contributed by atoms with Gasteiger partial charge in [0.25, 0.3) is 0 Å². The van der Waals surface area contributed by atoms with E-state index in [0.29, 0.717) is 12.0 Å². The van der Waals surface area contributed by atoms with Crippen LogP contribution in [0, 0.1) is 0 Å². The van der Waals surface area contributed by atoms with Gasteiger partial charge in [-0.05, 0) is 39.0 Å². The zero-order valence-corrected chi connectivity index (χ0v) is 9.48. The molecule has 1 fully saturated rings. The Morgan fingerprint density at radius 2 is 2.19 bits per heavy atom. The number of aromatic nitrogens is 2. The van der Waals surface area contributed by atoms with Crippen LogP contribution >= 0.6 is 0 Å². The molecule has 2 heterocycles. The number of nitrogens with one attached hydrogen (secondary N) is 2. The molecule has 0 spiro atoms. The van der Waals surface area contributed by atoms with E-state index in [9.17, 15) is 0 Å². The molecule has 1 aliphatic rings. The van der Waals surface area contributed by atoms with Crippen molar-refractivity contribution in [2.75, 3.05) is 30.9 Å². The van der Waals surface area contributed by atoms with Crippen LogP contribution in [0.15, 0.2) is 12.3 Å². The van der Waals surface area contributed by atoms with Gasteiger partial charge < -0.3 is 10.2 Å². The van der Waals surface area contributed by atoms with E-state index in [1.165, 1.54) is 0 Å². The van der Waals surface area contributed by atoms with Gasteiger partial charge in [-0.25, -0.2) is 10.8 Å². The molecule has 4 N–H and O–H groups in total. The largest absolute Gasteiger partial charge is 0.367 e. The number of nitrogen functional groups attached to an aromatic ring is 1. The Hall–Kier alpha value is -1.40. The van der Waals surface area contributed by atoms with E-state index in [1.807, 2.05) is 6.07 Å². The average molecular weight is 222 g/mol. The van der Waals surface area contributed by atoms with Crippen LogP contribution in [0.25, 0.3) is 0 Å². The van der Waals surface area contributed by atoms with Gasteiger partial charge in [-0.2, -0.15) is 4.98 Å². The summed E-state index contributed by atoms with van der Waals surface area (Å²) in [6, 6.07) is 2.36. The highest BCUT2D eigenvalue weighted by molar-refractivity contribution is 5.39. The smallest absolute Gasteiger partial charge is 0.239 e. The van der Waals surface area contributed by atoms with Crippen molar-refractivity contribution in [3.05, 3.63) is 12.3 Å². The van der Waals surface area contributed by atoms with Crippen molar-refractivity contribution in [1.29, 1.82) is 0 Å². The van der Waals surface area contributed by atoms with E-state index in [1.54, 1.807) is 6.20 Å². The van der Waals surface area contributed by atoms with Crippen molar-refractivity contribution >= 4 is 11.8 Å². The molecule has 1 saturated heterocycles. The Labute approximate surface area is 95.2 Å². The fourth-order valence-corrected chi connectivity index (χ4v) is 1.87. The van der Waals surface area contributed by atoms with E-state index in [4.69, 9.17) is 5.84 Å². The number of hydrazine groups is 1. The van der Waals surface area contributed by atoms with E-state index in [2.05, 4.69) is 32.7 Å². The molecule has 1 aromatic heterocycles. The van der Waals surface area contributed by atoms with Crippen LogP contribution in [0.4, 0.5) is 11.8 Å². The lowest BCUT2D eigenvalue weighted by Gasteiger charge is -2.29. The first kappa shape index (κ1) is 11.1. The molecule has 6 nitrogen and oxygen atoms in total. The number of anilines is 2. The lowest BCUT2D eigenvalue weighted by atomic mass is 10.1. The second-order valence-corrected chi connectivity index (χ2v) is 4.13. The number of hydrogen-bond donors (Lipinski definition) is 3. The second kappa shape index (κ2) is 5.09. The first-order valence-corrected chi connectivity index (χ1v) is 5.52. The quantitative estimate of drug-likeness (QED) is 0.503. The van der Waals surface area contributed by atoms with Gasteiger partial charge in [0.2, 0.25) is 5.95 Å². The lowest BCUT2D eigenvalue weighted by Crippen LogP contribution is -2.36. The van der Waals surface area contributed by atoms with Crippen molar-refractivity contribution < 1.29 is 0 Å². The summed E-state index contributed by atoms with van der Waals surface area (Å²) >= 11 is 0. The summed E-state index contributed by atoms with van der Waals surface area (Å²) in [5, 5.41) is 3.40. The molecule has 0 aliphatic carbocycles. The molecule has 0 aromatic carbocycles. The highest BCUT2D eigenvalue weighted by atomic mass is 15.3. The normalized spacial score (nSPS) is 18.4. The number of rotatable bonds is 3. The Morgan fingerprint density at radius 1 is 1.44 bits per heavy atom. The molecule has 88 valence electrons. The molecule has 0 bridgehead atoms. The summed E-state index contributed by atoms with van der Waals surface area (Å²) in [7, 11) is 2.15. The summed E-state index contributed by atoms with van der Waals surface area (Å²) in [5.41, 5.74) is 2.44. The van der Waals surface area contributed by atoms with E-state index < -0.39 is 0 Å². The van der Waals surface area contributed by atoms with Gasteiger partial charge in [-0.1, -0.05) is 0 Å². The van der Waals surface area contributed by atoms with E-state index in [0.717, 1.165) is 31.7 Å². The minimum absolute atomic E-state index is 0.443. The predicted molar refractivity (Wildman–Crippen MR) is 64.0 cm³/mol. The summed E-state index contributed by atoms with van der Waals surface area (Å²) < 4.78 is 0. The zero-order valence-electron chi connectivity index (χ0n) is 9.48. The Bertz CT molecular complexity index is 334. The van der Waals surface area contributed by atoms with Crippen LogP contribution in [0.1, 0.15) is 12.8 Å². The highest BCUT2D eigenvalue weighted by Gasteiger charge is 2.16. The fourth-order valence-electron chi connectivity index (χ4n) is 1.87. The molecular formula is C10H18N6. The van der Waals surface area contributed by atoms with Crippen LogP contribution in [-0.2, 0) is 0 Å². The molecule has 0 unspecified atom stereocenters. The Morgan fingerprint density at radius 3 is 2.88 bits per heavy atom. The van der Waals surface area contributed by atoms with Crippen LogP contribution in [0.2, 0.25) is 0 Å². The number of likely N-dealkylation sites (tertiary alicyclic amines) is 1. The van der Waals surface area contributed by atoms with E-state index >= 15 is 0 Å². The van der Waals surface area contributed by atoms with Gasteiger partial charge >= 0.3 is 0 Å². The van der Waals surface area contributed by atoms with Crippen LogP contribution < -0.4 is 16.6 Å². The monoisotopic (exact) mass is 222 g/mol. The summed E-state index contributed by atoms with van der Waals surface area (Å²) in [6.45, 7) is 2.26. The molecule has 2 rings (SSSR count). The standard InChI is InChI=1S/C10H18N6/c1-16-6-3-8(4-7-16)13-9-2-5-12-10(14-9)15-11/h2,5,8H,3-4,6-7,11H2,1H3,(H2,12,13,14,15).